The second-order valence-electron chi connectivity index (χ2n) is 4.17. The molecule has 0 amide bonds. The van der Waals surface area contributed by atoms with E-state index in [-0.39, 0.29) is 6.10 Å². The van der Waals surface area contributed by atoms with Crippen molar-refractivity contribution in [3.05, 3.63) is 22.2 Å². The predicted molar refractivity (Wildman–Crippen MR) is 68.9 cm³/mol. The van der Waals surface area contributed by atoms with Gasteiger partial charge in [0.15, 0.2) is 11.5 Å². The van der Waals surface area contributed by atoms with Crippen LogP contribution in [0.3, 0.4) is 0 Å². The first-order chi connectivity index (χ1) is 8.52. The molecule has 18 heavy (non-hydrogen) atoms. The van der Waals surface area contributed by atoms with E-state index in [9.17, 15) is 4.79 Å². The molecular formula is C12H14BrNO4. The van der Waals surface area contributed by atoms with Crippen LogP contribution >= 0.6 is 15.9 Å². The molecule has 1 unspecified atom stereocenters. The highest BCUT2D eigenvalue weighted by Gasteiger charge is 2.27. The largest absolute Gasteiger partial charge is 0.493 e. The summed E-state index contributed by atoms with van der Waals surface area (Å²) in [7, 11) is 1.51. The van der Waals surface area contributed by atoms with E-state index in [1.165, 1.54) is 7.11 Å². The highest BCUT2D eigenvalue weighted by molar-refractivity contribution is 9.10. The van der Waals surface area contributed by atoms with Crippen LogP contribution in [0.1, 0.15) is 24.4 Å². The van der Waals surface area contributed by atoms with Crippen LogP contribution in [-0.4, -0.2) is 24.3 Å². The maximum absolute atomic E-state index is 10.9. The fourth-order valence-corrected chi connectivity index (χ4v) is 2.08. The summed E-state index contributed by atoms with van der Waals surface area (Å²) in [6.07, 6.45) is 2.30. The molecule has 3 N–H and O–H groups in total. The summed E-state index contributed by atoms with van der Waals surface area (Å²) in [5, 5.41) is 8.90. The van der Waals surface area contributed by atoms with E-state index in [0.29, 0.717) is 21.5 Å². The number of rotatable bonds is 5. The van der Waals surface area contributed by atoms with Gasteiger partial charge in [-0.15, -0.1) is 0 Å². The summed E-state index contributed by atoms with van der Waals surface area (Å²) >= 11 is 3.36. The third-order valence-electron chi connectivity index (χ3n) is 2.69. The topological polar surface area (TPSA) is 81.8 Å². The van der Waals surface area contributed by atoms with E-state index in [1.54, 1.807) is 12.1 Å². The van der Waals surface area contributed by atoms with Crippen molar-refractivity contribution in [1.29, 1.82) is 0 Å². The maximum Gasteiger partial charge on any atom is 0.325 e. The summed E-state index contributed by atoms with van der Waals surface area (Å²) < 4.78 is 11.6. The minimum atomic E-state index is -1.08. The molecule has 1 fully saturated rings. The van der Waals surface area contributed by atoms with Crippen LogP contribution in [0.15, 0.2) is 16.6 Å². The monoisotopic (exact) mass is 315 g/mol. The van der Waals surface area contributed by atoms with Crippen molar-refractivity contribution in [2.24, 2.45) is 5.73 Å². The molecule has 0 aromatic heterocycles. The van der Waals surface area contributed by atoms with Crippen LogP contribution in [0, 0.1) is 0 Å². The molecule has 2 rings (SSSR count). The molecule has 0 aliphatic heterocycles. The van der Waals surface area contributed by atoms with Crippen LogP contribution in [0.4, 0.5) is 0 Å². The molecule has 1 aromatic rings. The number of aliphatic carboxylic acids is 1. The van der Waals surface area contributed by atoms with Gasteiger partial charge in [0.2, 0.25) is 0 Å². The second kappa shape index (κ2) is 5.16. The Morgan fingerprint density at radius 3 is 2.72 bits per heavy atom. The van der Waals surface area contributed by atoms with Gasteiger partial charge in [0.25, 0.3) is 0 Å². The summed E-state index contributed by atoms with van der Waals surface area (Å²) in [4.78, 5) is 10.9. The zero-order valence-corrected chi connectivity index (χ0v) is 11.4. The van der Waals surface area contributed by atoms with E-state index < -0.39 is 12.0 Å². The van der Waals surface area contributed by atoms with Crippen molar-refractivity contribution < 1.29 is 19.4 Å². The number of halogens is 1. The number of ether oxygens (including phenoxy) is 2. The van der Waals surface area contributed by atoms with Crippen molar-refractivity contribution >= 4 is 21.9 Å². The highest BCUT2D eigenvalue weighted by atomic mass is 79.9. The molecule has 98 valence electrons. The Morgan fingerprint density at radius 1 is 1.56 bits per heavy atom. The second-order valence-corrected chi connectivity index (χ2v) is 5.02. The Labute approximate surface area is 113 Å². The van der Waals surface area contributed by atoms with E-state index >= 15 is 0 Å². The van der Waals surface area contributed by atoms with Crippen LogP contribution in [0.2, 0.25) is 0 Å². The predicted octanol–water partition coefficient (Wildman–Crippen LogP) is 2.08. The van der Waals surface area contributed by atoms with Gasteiger partial charge in [-0.2, -0.15) is 0 Å². The van der Waals surface area contributed by atoms with Crippen LogP contribution in [-0.2, 0) is 4.79 Å². The van der Waals surface area contributed by atoms with Gasteiger partial charge in [0.1, 0.15) is 6.04 Å². The van der Waals surface area contributed by atoms with Crippen molar-refractivity contribution in [3.63, 3.8) is 0 Å². The minimum Gasteiger partial charge on any atom is -0.493 e. The van der Waals surface area contributed by atoms with Crippen LogP contribution in [0.25, 0.3) is 0 Å². The smallest absolute Gasteiger partial charge is 0.325 e. The number of carboxylic acid groups (broad SMARTS) is 1. The first-order valence-electron chi connectivity index (χ1n) is 5.55. The molecule has 0 heterocycles. The molecule has 5 nitrogen and oxygen atoms in total. The highest BCUT2D eigenvalue weighted by Crippen LogP contribution is 2.41. The fraction of sp³-hybridized carbons (Fsp3) is 0.417. The van der Waals surface area contributed by atoms with Gasteiger partial charge in [-0.1, -0.05) is 0 Å². The Morgan fingerprint density at radius 2 is 2.22 bits per heavy atom. The molecular weight excluding hydrogens is 302 g/mol. The SMILES string of the molecule is COc1cc(C(N)C(=O)O)cc(Br)c1OC1CC1. The van der Waals surface area contributed by atoms with Crippen molar-refractivity contribution in [1.82, 2.24) is 0 Å². The Balaban J connectivity index is 2.35. The Kier molecular flexibility index (Phi) is 3.77. The zero-order chi connectivity index (χ0) is 13.3. The maximum atomic E-state index is 10.9. The first-order valence-corrected chi connectivity index (χ1v) is 6.34. The third-order valence-corrected chi connectivity index (χ3v) is 3.27. The summed E-state index contributed by atoms with van der Waals surface area (Å²) in [5.74, 6) is 0.00382. The van der Waals surface area contributed by atoms with Gasteiger partial charge >= 0.3 is 5.97 Å². The lowest BCUT2D eigenvalue weighted by Gasteiger charge is -2.15. The lowest BCUT2D eigenvalue weighted by Crippen LogP contribution is -2.20. The third kappa shape index (κ3) is 2.76. The molecule has 1 aromatic carbocycles. The van der Waals surface area contributed by atoms with Gasteiger partial charge in [0, 0.05) is 0 Å². The van der Waals surface area contributed by atoms with Gasteiger partial charge in [-0.05, 0) is 46.5 Å². The lowest BCUT2D eigenvalue weighted by molar-refractivity contribution is -0.138. The standard InChI is InChI=1S/C12H14BrNO4/c1-17-9-5-6(10(14)12(15)16)4-8(13)11(9)18-7-2-3-7/h4-5,7,10H,2-3,14H2,1H3,(H,15,16). The number of carbonyl (C=O) groups is 1. The molecule has 1 aliphatic rings. The number of benzene rings is 1. The summed E-state index contributed by atoms with van der Waals surface area (Å²) in [5.41, 5.74) is 6.04. The van der Waals surface area contributed by atoms with Gasteiger partial charge in [-0.3, -0.25) is 4.79 Å². The molecule has 1 atom stereocenters. The van der Waals surface area contributed by atoms with Crippen molar-refractivity contribution in [2.75, 3.05) is 7.11 Å². The minimum absolute atomic E-state index is 0.231. The molecule has 6 heteroatoms. The van der Waals surface area contributed by atoms with Gasteiger partial charge in [0.05, 0.1) is 17.7 Å². The molecule has 1 aliphatic carbocycles. The number of carboxylic acids is 1. The number of methoxy groups -OCH3 is 1. The normalized spacial score (nSPS) is 16.2. The molecule has 0 spiro atoms. The van der Waals surface area contributed by atoms with E-state index in [0.717, 1.165) is 12.8 Å². The Bertz CT molecular complexity index is 473. The molecule has 0 radical (unpaired) electrons. The lowest BCUT2D eigenvalue weighted by atomic mass is 10.1. The summed E-state index contributed by atoms with van der Waals surface area (Å²) in [6.45, 7) is 0. The first kappa shape index (κ1) is 13.2. The summed E-state index contributed by atoms with van der Waals surface area (Å²) in [6, 6.07) is 2.17. The fourth-order valence-electron chi connectivity index (χ4n) is 1.53. The molecule has 1 saturated carbocycles. The van der Waals surface area contributed by atoms with Gasteiger partial charge in [-0.25, -0.2) is 0 Å². The number of hydrogen-bond donors (Lipinski definition) is 2. The zero-order valence-electron chi connectivity index (χ0n) is 9.85. The van der Waals surface area contributed by atoms with E-state index in [2.05, 4.69) is 15.9 Å². The average molecular weight is 316 g/mol. The van der Waals surface area contributed by atoms with Crippen molar-refractivity contribution in [2.45, 2.75) is 25.0 Å². The Hall–Kier alpha value is -1.27. The molecule has 0 saturated heterocycles. The van der Waals surface area contributed by atoms with Crippen molar-refractivity contribution in [3.8, 4) is 11.5 Å². The molecule has 0 bridgehead atoms. The van der Waals surface area contributed by atoms with Crippen LogP contribution < -0.4 is 15.2 Å². The van der Waals surface area contributed by atoms with E-state index in [1.807, 2.05) is 0 Å². The quantitative estimate of drug-likeness (QED) is 0.869. The average Bonchev–Trinajstić information content (AvgIpc) is 3.14. The van der Waals surface area contributed by atoms with Crippen LogP contribution in [0.5, 0.6) is 11.5 Å². The number of hydrogen-bond acceptors (Lipinski definition) is 4. The number of nitrogens with two attached hydrogens (primary N) is 1. The van der Waals surface area contributed by atoms with E-state index in [4.69, 9.17) is 20.3 Å². The van der Waals surface area contributed by atoms with Gasteiger partial charge < -0.3 is 20.3 Å².